The second-order valence-corrected chi connectivity index (χ2v) is 5.44. The zero-order valence-corrected chi connectivity index (χ0v) is 12.2. The fraction of sp³-hybridized carbons (Fsp3) is 0.357. The molecule has 0 N–H and O–H groups in total. The largest absolute Gasteiger partial charge is 0.269 e. The molecule has 7 heteroatoms. The van der Waals surface area contributed by atoms with Gasteiger partial charge in [0.05, 0.1) is 0 Å². The molecule has 7 nitrogen and oxygen atoms in total. The first-order valence-corrected chi connectivity index (χ1v) is 6.81. The van der Waals surface area contributed by atoms with Crippen molar-refractivity contribution in [1.82, 2.24) is 29.6 Å². The molecule has 21 heavy (non-hydrogen) atoms. The zero-order chi connectivity index (χ0) is 15.0. The molecule has 0 saturated carbocycles. The monoisotopic (exact) mass is 284 g/mol. The average molecular weight is 284 g/mol. The molecule has 108 valence electrons. The van der Waals surface area contributed by atoms with Crippen LogP contribution in [-0.4, -0.2) is 29.6 Å². The van der Waals surface area contributed by atoms with Crippen molar-refractivity contribution in [3.63, 3.8) is 0 Å². The first-order chi connectivity index (χ1) is 10.1. The van der Waals surface area contributed by atoms with Crippen LogP contribution in [0.25, 0.3) is 17.0 Å². The summed E-state index contributed by atoms with van der Waals surface area (Å²) in [6.45, 7) is 6.71. The van der Waals surface area contributed by atoms with E-state index in [1.165, 1.54) is 4.40 Å². The number of fused-ring (bicyclic) bond motifs is 1. The van der Waals surface area contributed by atoms with E-state index in [-0.39, 0.29) is 5.56 Å². The number of rotatable bonds is 3. The third kappa shape index (κ3) is 2.31. The standard InChI is InChI=1S/C14H16N6O/c1-9(2)8-20-13(16-17-18-20)11-7-15-12-10(3)5-4-6-19(12)14(11)21/h4-7,9H,8H2,1-3H3. The lowest BCUT2D eigenvalue weighted by Gasteiger charge is -2.08. The molecule has 0 unspecified atom stereocenters. The summed E-state index contributed by atoms with van der Waals surface area (Å²) in [5.74, 6) is 0.836. The molecule has 0 atom stereocenters. The molecule has 0 amide bonds. The van der Waals surface area contributed by atoms with Crippen LogP contribution in [0, 0.1) is 12.8 Å². The molecule has 0 spiro atoms. The maximum Gasteiger partial charge on any atom is 0.269 e. The number of tetrazole rings is 1. The van der Waals surface area contributed by atoms with E-state index in [1.54, 1.807) is 17.1 Å². The van der Waals surface area contributed by atoms with E-state index in [1.807, 2.05) is 19.1 Å². The van der Waals surface area contributed by atoms with Crippen molar-refractivity contribution in [1.29, 1.82) is 0 Å². The van der Waals surface area contributed by atoms with E-state index in [0.717, 1.165) is 5.56 Å². The summed E-state index contributed by atoms with van der Waals surface area (Å²) >= 11 is 0. The molecular formula is C14H16N6O. The molecule has 0 radical (unpaired) electrons. The molecule has 0 saturated heterocycles. The van der Waals surface area contributed by atoms with E-state index in [9.17, 15) is 4.79 Å². The summed E-state index contributed by atoms with van der Waals surface area (Å²) in [5.41, 5.74) is 1.84. The van der Waals surface area contributed by atoms with Crippen molar-refractivity contribution in [3.05, 3.63) is 40.4 Å². The third-order valence-corrected chi connectivity index (χ3v) is 3.24. The fourth-order valence-corrected chi connectivity index (χ4v) is 2.27. The summed E-state index contributed by atoms with van der Waals surface area (Å²) in [6, 6.07) is 3.75. The first-order valence-electron chi connectivity index (χ1n) is 6.81. The van der Waals surface area contributed by atoms with E-state index < -0.39 is 0 Å². The molecular weight excluding hydrogens is 268 g/mol. The average Bonchev–Trinajstić information content (AvgIpc) is 2.87. The SMILES string of the molecule is Cc1cccn2c(=O)c(-c3nnnn3CC(C)C)cnc12. The molecule has 3 aromatic heterocycles. The van der Waals surface area contributed by atoms with Gasteiger partial charge in [-0.25, -0.2) is 9.67 Å². The van der Waals surface area contributed by atoms with E-state index >= 15 is 0 Å². The van der Waals surface area contributed by atoms with Crippen LogP contribution in [-0.2, 0) is 6.54 Å². The van der Waals surface area contributed by atoms with Gasteiger partial charge in [0, 0.05) is 18.9 Å². The van der Waals surface area contributed by atoms with Crippen LogP contribution in [0.3, 0.4) is 0 Å². The minimum atomic E-state index is -0.163. The Hall–Kier alpha value is -2.57. The Labute approximate surface area is 121 Å². The Balaban J connectivity index is 2.21. The number of hydrogen-bond donors (Lipinski definition) is 0. The molecule has 0 aliphatic rings. The molecule has 3 rings (SSSR count). The molecule has 0 aromatic carbocycles. The summed E-state index contributed by atoms with van der Waals surface area (Å²) in [4.78, 5) is 17.0. The Morgan fingerprint density at radius 2 is 2.14 bits per heavy atom. The Morgan fingerprint density at radius 3 is 2.90 bits per heavy atom. The normalized spacial score (nSPS) is 11.4. The number of nitrogens with zero attached hydrogens (tertiary/aromatic N) is 6. The van der Waals surface area contributed by atoms with Crippen molar-refractivity contribution < 1.29 is 0 Å². The fourth-order valence-electron chi connectivity index (χ4n) is 2.27. The van der Waals surface area contributed by atoms with Crippen LogP contribution in [0.4, 0.5) is 0 Å². The minimum absolute atomic E-state index is 0.163. The second kappa shape index (κ2) is 5.08. The van der Waals surface area contributed by atoms with Crippen LogP contribution >= 0.6 is 0 Å². The molecule has 3 heterocycles. The predicted octanol–water partition coefficient (Wildman–Crippen LogP) is 1.31. The Morgan fingerprint density at radius 1 is 1.33 bits per heavy atom. The quantitative estimate of drug-likeness (QED) is 0.724. The maximum absolute atomic E-state index is 12.6. The van der Waals surface area contributed by atoms with Gasteiger partial charge in [0.1, 0.15) is 11.2 Å². The van der Waals surface area contributed by atoms with E-state index in [0.29, 0.717) is 29.5 Å². The lowest BCUT2D eigenvalue weighted by Crippen LogP contribution is -2.19. The summed E-state index contributed by atoms with van der Waals surface area (Å²) < 4.78 is 3.17. The van der Waals surface area contributed by atoms with Crippen LogP contribution in [0.1, 0.15) is 19.4 Å². The van der Waals surface area contributed by atoms with Gasteiger partial charge < -0.3 is 0 Å². The summed E-state index contributed by atoms with van der Waals surface area (Å²) in [7, 11) is 0. The molecule has 0 fully saturated rings. The number of aryl methyl sites for hydroxylation is 1. The van der Waals surface area contributed by atoms with Gasteiger partial charge in [0.2, 0.25) is 0 Å². The molecule has 3 aromatic rings. The lowest BCUT2D eigenvalue weighted by atomic mass is 10.2. The van der Waals surface area contributed by atoms with Gasteiger partial charge in [-0.15, -0.1) is 5.10 Å². The smallest absolute Gasteiger partial charge is 0.268 e. The van der Waals surface area contributed by atoms with Gasteiger partial charge in [0.25, 0.3) is 5.56 Å². The zero-order valence-electron chi connectivity index (χ0n) is 12.2. The van der Waals surface area contributed by atoms with Crippen molar-refractivity contribution in [3.8, 4) is 11.4 Å². The van der Waals surface area contributed by atoms with Gasteiger partial charge in [0.15, 0.2) is 5.82 Å². The highest BCUT2D eigenvalue weighted by Gasteiger charge is 2.15. The van der Waals surface area contributed by atoms with Gasteiger partial charge in [-0.05, 0) is 34.9 Å². The molecule has 0 bridgehead atoms. The van der Waals surface area contributed by atoms with Crippen LogP contribution in [0.5, 0.6) is 0 Å². The molecule has 0 aliphatic carbocycles. The number of aromatic nitrogens is 6. The Bertz CT molecular complexity index is 848. The van der Waals surface area contributed by atoms with Crippen LogP contribution in [0.15, 0.2) is 29.3 Å². The third-order valence-electron chi connectivity index (χ3n) is 3.24. The van der Waals surface area contributed by atoms with Crippen LogP contribution < -0.4 is 5.56 Å². The summed E-state index contributed by atoms with van der Waals surface area (Å²) in [5, 5.41) is 11.6. The summed E-state index contributed by atoms with van der Waals surface area (Å²) in [6.07, 6.45) is 3.25. The number of pyridine rings is 1. The Kier molecular flexibility index (Phi) is 3.25. The lowest BCUT2D eigenvalue weighted by molar-refractivity contribution is 0.475. The van der Waals surface area contributed by atoms with Crippen molar-refractivity contribution in [2.24, 2.45) is 5.92 Å². The van der Waals surface area contributed by atoms with E-state index in [4.69, 9.17) is 0 Å². The van der Waals surface area contributed by atoms with Gasteiger partial charge in [-0.3, -0.25) is 9.20 Å². The van der Waals surface area contributed by atoms with Crippen LogP contribution in [0.2, 0.25) is 0 Å². The van der Waals surface area contributed by atoms with Gasteiger partial charge >= 0.3 is 0 Å². The predicted molar refractivity (Wildman–Crippen MR) is 77.8 cm³/mol. The topological polar surface area (TPSA) is 78.0 Å². The minimum Gasteiger partial charge on any atom is -0.268 e. The second-order valence-electron chi connectivity index (χ2n) is 5.44. The van der Waals surface area contributed by atoms with Crippen molar-refractivity contribution in [2.45, 2.75) is 27.3 Å². The van der Waals surface area contributed by atoms with Crippen molar-refractivity contribution >= 4 is 5.65 Å². The highest BCUT2D eigenvalue weighted by Crippen LogP contribution is 2.13. The highest BCUT2D eigenvalue weighted by atomic mass is 16.1. The van der Waals surface area contributed by atoms with Crippen molar-refractivity contribution in [2.75, 3.05) is 0 Å². The highest BCUT2D eigenvalue weighted by molar-refractivity contribution is 5.56. The van der Waals surface area contributed by atoms with Gasteiger partial charge in [-0.1, -0.05) is 19.9 Å². The molecule has 0 aliphatic heterocycles. The first kappa shape index (κ1) is 13.4. The number of hydrogen-bond acceptors (Lipinski definition) is 5. The van der Waals surface area contributed by atoms with Gasteiger partial charge in [-0.2, -0.15) is 0 Å². The maximum atomic E-state index is 12.6. The van der Waals surface area contributed by atoms with E-state index in [2.05, 4.69) is 34.4 Å².